The van der Waals surface area contributed by atoms with E-state index in [1.54, 1.807) is 0 Å². The van der Waals surface area contributed by atoms with Crippen LogP contribution >= 0.6 is 24.0 Å². The zero-order valence-corrected chi connectivity index (χ0v) is 13.5. The lowest BCUT2D eigenvalue weighted by atomic mass is 9.80. The van der Waals surface area contributed by atoms with Crippen molar-refractivity contribution in [2.75, 3.05) is 19.6 Å². The van der Waals surface area contributed by atoms with E-state index in [1.165, 1.54) is 0 Å². The molecular weight excluding hydrogens is 329 g/mol. The third-order valence-corrected chi connectivity index (χ3v) is 2.84. The van der Waals surface area contributed by atoms with Crippen molar-refractivity contribution in [1.29, 1.82) is 0 Å². The number of halogens is 1. The summed E-state index contributed by atoms with van der Waals surface area (Å²) in [5.74, 6) is 1.41. The van der Waals surface area contributed by atoms with Crippen LogP contribution in [0.25, 0.3) is 0 Å². The van der Waals surface area contributed by atoms with E-state index in [0.29, 0.717) is 12.5 Å². The van der Waals surface area contributed by atoms with Gasteiger partial charge >= 0.3 is 0 Å². The van der Waals surface area contributed by atoms with Gasteiger partial charge in [0, 0.05) is 13.1 Å². The Labute approximate surface area is 122 Å². The Hall–Kier alpha value is -0.0400. The molecule has 0 aromatic heterocycles. The molecule has 0 heterocycles. The molecular formula is C12H26IN3O. The fourth-order valence-electron chi connectivity index (χ4n) is 1.61. The van der Waals surface area contributed by atoms with E-state index in [9.17, 15) is 5.11 Å². The number of nitrogens with one attached hydrogen (secondary N) is 2. The monoisotopic (exact) mass is 355 g/mol. The molecule has 0 amide bonds. The van der Waals surface area contributed by atoms with Gasteiger partial charge < -0.3 is 15.7 Å². The van der Waals surface area contributed by atoms with Gasteiger partial charge in [-0.1, -0.05) is 13.8 Å². The molecule has 1 fully saturated rings. The van der Waals surface area contributed by atoms with Gasteiger partial charge in [-0.05, 0) is 32.1 Å². The molecule has 0 unspecified atom stereocenters. The summed E-state index contributed by atoms with van der Waals surface area (Å²) in [5.41, 5.74) is -0.528. The van der Waals surface area contributed by atoms with Crippen molar-refractivity contribution >= 4 is 29.9 Å². The number of hydrogen-bond acceptors (Lipinski definition) is 2. The lowest BCUT2D eigenvalue weighted by molar-refractivity contribution is -0.0236. The number of hydrogen-bond donors (Lipinski definition) is 3. The summed E-state index contributed by atoms with van der Waals surface area (Å²) in [6.45, 7) is 8.64. The van der Waals surface area contributed by atoms with Crippen molar-refractivity contribution in [2.45, 2.75) is 45.6 Å². The zero-order valence-electron chi connectivity index (χ0n) is 11.1. The van der Waals surface area contributed by atoms with Gasteiger partial charge in [-0.2, -0.15) is 0 Å². The molecule has 3 N–H and O–H groups in total. The van der Waals surface area contributed by atoms with Crippen LogP contribution in [0, 0.1) is 5.92 Å². The Bertz CT molecular complexity index is 240. The molecule has 4 nitrogen and oxygen atoms in total. The first-order valence-corrected chi connectivity index (χ1v) is 6.30. The molecule has 0 bridgehead atoms. The van der Waals surface area contributed by atoms with Gasteiger partial charge in [0.05, 0.1) is 12.1 Å². The standard InChI is InChI=1S/C12H25N3O.HI/c1-4-13-11(14-8-10(2)3)15-9-12(16)6-5-7-12;/h10,16H,4-9H2,1-3H3,(H2,13,14,15);1H. The van der Waals surface area contributed by atoms with Crippen LogP contribution in [0.3, 0.4) is 0 Å². The third kappa shape index (κ3) is 6.45. The molecule has 0 aromatic carbocycles. The normalized spacial score (nSPS) is 18.3. The van der Waals surface area contributed by atoms with Gasteiger partial charge in [0.2, 0.25) is 0 Å². The summed E-state index contributed by atoms with van der Waals surface area (Å²) < 4.78 is 0. The first kappa shape index (κ1) is 17.0. The maximum Gasteiger partial charge on any atom is 0.191 e. The van der Waals surface area contributed by atoms with Gasteiger partial charge in [-0.15, -0.1) is 24.0 Å². The second kappa shape index (κ2) is 8.13. The van der Waals surface area contributed by atoms with Crippen molar-refractivity contribution in [3.8, 4) is 0 Å². The Balaban J connectivity index is 0.00000256. The molecule has 0 radical (unpaired) electrons. The van der Waals surface area contributed by atoms with Crippen molar-refractivity contribution < 1.29 is 5.11 Å². The van der Waals surface area contributed by atoms with Crippen LogP contribution in [0.4, 0.5) is 0 Å². The summed E-state index contributed by atoms with van der Waals surface area (Å²) in [6, 6.07) is 0. The highest BCUT2D eigenvalue weighted by Gasteiger charge is 2.34. The van der Waals surface area contributed by atoms with Gasteiger partial charge in [0.1, 0.15) is 0 Å². The molecule has 5 heteroatoms. The average Bonchev–Trinajstić information content (AvgIpc) is 2.19. The predicted octanol–water partition coefficient (Wildman–Crippen LogP) is 1.73. The molecule has 1 rings (SSSR count). The van der Waals surface area contributed by atoms with Crippen molar-refractivity contribution in [3.63, 3.8) is 0 Å². The highest BCUT2D eigenvalue weighted by molar-refractivity contribution is 14.0. The minimum atomic E-state index is -0.528. The summed E-state index contributed by atoms with van der Waals surface area (Å²) in [6.07, 6.45) is 2.90. The Kier molecular flexibility index (Phi) is 8.11. The lowest BCUT2D eigenvalue weighted by Crippen LogP contribution is -2.43. The quantitative estimate of drug-likeness (QED) is 0.400. The number of aliphatic imine (C=N–C) groups is 1. The first-order chi connectivity index (χ1) is 7.56. The van der Waals surface area contributed by atoms with E-state index in [1.807, 2.05) is 6.92 Å². The van der Waals surface area contributed by atoms with Crippen molar-refractivity contribution in [2.24, 2.45) is 10.9 Å². The van der Waals surface area contributed by atoms with Crippen LogP contribution in [0.5, 0.6) is 0 Å². The smallest absolute Gasteiger partial charge is 0.191 e. The van der Waals surface area contributed by atoms with E-state index < -0.39 is 5.60 Å². The molecule has 0 spiro atoms. The second-order valence-corrected chi connectivity index (χ2v) is 5.05. The summed E-state index contributed by atoms with van der Waals surface area (Å²) in [7, 11) is 0. The second-order valence-electron chi connectivity index (χ2n) is 5.05. The molecule has 1 aliphatic carbocycles. The highest BCUT2D eigenvalue weighted by atomic mass is 127. The molecule has 1 saturated carbocycles. The lowest BCUT2D eigenvalue weighted by Gasteiger charge is -2.35. The van der Waals surface area contributed by atoms with Crippen LogP contribution in [0.2, 0.25) is 0 Å². The van der Waals surface area contributed by atoms with Crippen LogP contribution in [-0.4, -0.2) is 36.3 Å². The fraction of sp³-hybridized carbons (Fsp3) is 0.917. The number of nitrogens with zero attached hydrogens (tertiary/aromatic N) is 1. The fourth-order valence-corrected chi connectivity index (χ4v) is 1.61. The average molecular weight is 355 g/mol. The van der Waals surface area contributed by atoms with Crippen LogP contribution < -0.4 is 10.6 Å². The minimum Gasteiger partial charge on any atom is -0.388 e. The molecule has 1 aliphatic rings. The Morgan fingerprint density at radius 2 is 2.00 bits per heavy atom. The van der Waals surface area contributed by atoms with Crippen LogP contribution in [0.1, 0.15) is 40.0 Å². The first-order valence-electron chi connectivity index (χ1n) is 6.30. The Morgan fingerprint density at radius 1 is 1.35 bits per heavy atom. The number of guanidine groups is 1. The predicted molar refractivity (Wildman–Crippen MR) is 83.0 cm³/mol. The maximum atomic E-state index is 9.94. The minimum absolute atomic E-state index is 0. The largest absolute Gasteiger partial charge is 0.388 e. The molecule has 102 valence electrons. The van der Waals surface area contributed by atoms with Crippen molar-refractivity contribution in [1.82, 2.24) is 10.6 Å². The van der Waals surface area contributed by atoms with Gasteiger partial charge in [-0.25, -0.2) is 0 Å². The topological polar surface area (TPSA) is 56.7 Å². The highest BCUT2D eigenvalue weighted by Crippen LogP contribution is 2.31. The molecule has 0 atom stereocenters. The van der Waals surface area contributed by atoms with Gasteiger partial charge in [-0.3, -0.25) is 4.99 Å². The molecule has 17 heavy (non-hydrogen) atoms. The summed E-state index contributed by atoms with van der Waals surface area (Å²) >= 11 is 0. The van der Waals surface area contributed by atoms with E-state index in [-0.39, 0.29) is 24.0 Å². The van der Waals surface area contributed by atoms with Crippen LogP contribution in [0.15, 0.2) is 4.99 Å². The molecule has 0 aromatic rings. The Morgan fingerprint density at radius 3 is 2.41 bits per heavy atom. The third-order valence-electron chi connectivity index (χ3n) is 2.84. The van der Waals surface area contributed by atoms with E-state index >= 15 is 0 Å². The SMILES string of the molecule is CCNC(=NCC1(O)CCC1)NCC(C)C.I. The number of aliphatic hydroxyl groups is 1. The van der Waals surface area contributed by atoms with Gasteiger partial charge in [0.25, 0.3) is 0 Å². The summed E-state index contributed by atoms with van der Waals surface area (Å²) in [4.78, 5) is 4.42. The van der Waals surface area contributed by atoms with E-state index in [2.05, 4.69) is 29.5 Å². The van der Waals surface area contributed by atoms with E-state index in [4.69, 9.17) is 0 Å². The van der Waals surface area contributed by atoms with Crippen molar-refractivity contribution in [3.05, 3.63) is 0 Å². The van der Waals surface area contributed by atoms with Crippen LogP contribution in [-0.2, 0) is 0 Å². The number of rotatable bonds is 5. The summed E-state index contributed by atoms with van der Waals surface area (Å²) in [5, 5.41) is 16.4. The van der Waals surface area contributed by atoms with Gasteiger partial charge in [0.15, 0.2) is 5.96 Å². The maximum absolute atomic E-state index is 9.94. The molecule has 0 aliphatic heterocycles. The van der Waals surface area contributed by atoms with E-state index in [0.717, 1.165) is 38.3 Å². The molecule has 0 saturated heterocycles. The zero-order chi connectivity index (χ0) is 12.0.